The molecule has 0 aliphatic heterocycles. The van der Waals surface area contributed by atoms with Crippen molar-refractivity contribution in [1.29, 1.82) is 0 Å². The fourth-order valence-electron chi connectivity index (χ4n) is 3.67. The lowest BCUT2D eigenvalue weighted by Gasteiger charge is -2.26. The maximum atomic E-state index is 13.1. The number of rotatable bonds is 7. The maximum Gasteiger partial charge on any atom is 0.254 e. The van der Waals surface area contributed by atoms with Gasteiger partial charge in [-0.1, -0.05) is 66.2 Å². The van der Waals surface area contributed by atoms with Crippen molar-refractivity contribution in [3.8, 4) is 16.9 Å². The monoisotopic (exact) mass is 452 g/mol. The summed E-state index contributed by atoms with van der Waals surface area (Å²) < 4.78 is 1.86. The highest BCUT2D eigenvalue weighted by Crippen LogP contribution is 2.24. The topological polar surface area (TPSA) is 67.2 Å². The third kappa shape index (κ3) is 5.23. The Kier molecular flexibility index (Phi) is 6.87. The Hall–Kier alpha value is -4.19. The molecule has 0 bridgehead atoms. The van der Waals surface area contributed by atoms with Crippen molar-refractivity contribution >= 4 is 17.8 Å². The van der Waals surface area contributed by atoms with Crippen molar-refractivity contribution in [3.63, 3.8) is 0 Å². The number of anilines is 1. The number of hydrogen-bond acceptors (Lipinski definition) is 3. The van der Waals surface area contributed by atoms with E-state index in [-0.39, 0.29) is 24.4 Å². The van der Waals surface area contributed by atoms with Gasteiger partial charge in [0.15, 0.2) is 0 Å². The van der Waals surface area contributed by atoms with Gasteiger partial charge in [-0.2, -0.15) is 0 Å². The zero-order chi connectivity index (χ0) is 24.1. The van der Waals surface area contributed by atoms with Crippen LogP contribution in [0.2, 0.25) is 0 Å². The zero-order valence-electron chi connectivity index (χ0n) is 19.6. The first-order valence-corrected chi connectivity index (χ1v) is 11.3. The van der Waals surface area contributed by atoms with Gasteiger partial charge in [-0.25, -0.2) is 4.98 Å². The van der Waals surface area contributed by atoms with Crippen molar-refractivity contribution in [2.24, 2.45) is 0 Å². The third-order valence-electron chi connectivity index (χ3n) is 5.56. The van der Waals surface area contributed by atoms with Crippen LogP contribution in [0, 0.1) is 6.92 Å². The van der Waals surface area contributed by atoms with E-state index >= 15 is 0 Å². The van der Waals surface area contributed by atoms with E-state index in [9.17, 15) is 9.59 Å². The summed E-state index contributed by atoms with van der Waals surface area (Å²) in [5.74, 6) is -0.0854. The Balaban J connectivity index is 1.61. The minimum Gasteiger partial charge on any atom is -0.327 e. The Bertz CT molecular complexity index is 1260. The molecule has 2 amide bonds. The van der Waals surface area contributed by atoms with E-state index in [1.807, 2.05) is 104 Å². The van der Waals surface area contributed by atoms with Crippen LogP contribution in [-0.4, -0.2) is 38.9 Å². The molecule has 3 aromatic carbocycles. The van der Waals surface area contributed by atoms with Gasteiger partial charge in [-0.15, -0.1) is 0 Å². The van der Waals surface area contributed by atoms with Crippen molar-refractivity contribution in [2.75, 3.05) is 11.9 Å². The number of aryl methyl sites for hydroxylation is 1. The second-order valence-corrected chi connectivity index (χ2v) is 8.46. The van der Waals surface area contributed by atoms with Crippen LogP contribution in [0.3, 0.4) is 0 Å². The lowest BCUT2D eigenvalue weighted by molar-refractivity contribution is -0.117. The van der Waals surface area contributed by atoms with Gasteiger partial charge in [0.1, 0.15) is 6.54 Å². The highest BCUT2D eigenvalue weighted by molar-refractivity contribution is 5.99. The Labute approximate surface area is 199 Å². The largest absolute Gasteiger partial charge is 0.327 e. The number of hydrogen-bond donors (Lipinski definition) is 1. The normalized spacial score (nSPS) is 10.8. The van der Waals surface area contributed by atoms with Gasteiger partial charge in [-0.05, 0) is 45.0 Å². The van der Waals surface area contributed by atoms with Gasteiger partial charge >= 0.3 is 0 Å². The standard InChI is InChI=1S/C28H28N4O2/c1-20(2)31(27(34)23-12-8-5-9-13-23)19-26(33)30-28-29-25(22-10-6-4-7-11-22)18-32(28)24-16-14-21(3)15-17-24/h4-18,20H,19H2,1-3H3,(H,29,30,33). The van der Waals surface area contributed by atoms with E-state index in [4.69, 9.17) is 4.98 Å². The SMILES string of the molecule is Cc1ccc(-n2cc(-c3ccccc3)nc2NC(=O)CN(C(=O)c2ccccc2)C(C)C)cc1. The molecule has 4 aromatic rings. The molecule has 172 valence electrons. The summed E-state index contributed by atoms with van der Waals surface area (Å²) in [6, 6.07) is 26.7. The number of carbonyl (C=O) groups is 2. The van der Waals surface area contributed by atoms with E-state index in [2.05, 4.69) is 5.32 Å². The number of aromatic nitrogens is 2. The molecule has 0 spiro atoms. The van der Waals surface area contributed by atoms with E-state index in [0.717, 1.165) is 22.5 Å². The van der Waals surface area contributed by atoms with Crippen molar-refractivity contribution < 1.29 is 9.59 Å². The molecule has 0 saturated carbocycles. The van der Waals surface area contributed by atoms with Gasteiger partial charge in [0.2, 0.25) is 11.9 Å². The number of benzene rings is 3. The molecule has 0 fully saturated rings. The van der Waals surface area contributed by atoms with Crippen LogP contribution in [-0.2, 0) is 4.79 Å². The number of nitrogens with zero attached hydrogens (tertiary/aromatic N) is 3. The molecule has 0 unspecified atom stereocenters. The van der Waals surface area contributed by atoms with E-state index in [1.165, 1.54) is 0 Å². The number of amides is 2. The van der Waals surface area contributed by atoms with Gasteiger partial charge in [0, 0.05) is 29.1 Å². The highest BCUT2D eigenvalue weighted by Gasteiger charge is 2.23. The van der Waals surface area contributed by atoms with E-state index < -0.39 is 0 Å². The first-order chi connectivity index (χ1) is 16.4. The molecule has 0 aliphatic rings. The average Bonchev–Trinajstić information content (AvgIpc) is 3.27. The van der Waals surface area contributed by atoms with E-state index in [0.29, 0.717) is 11.5 Å². The molecule has 1 aromatic heterocycles. The summed E-state index contributed by atoms with van der Waals surface area (Å²) in [6.07, 6.45) is 1.91. The van der Waals surface area contributed by atoms with Crippen LogP contribution in [0.5, 0.6) is 0 Å². The fraction of sp³-hybridized carbons (Fsp3) is 0.179. The zero-order valence-corrected chi connectivity index (χ0v) is 19.6. The van der Waals surface area contributed by atoms with Gasteiger partial charge in [0.25, 0.3) is 5.91 Å². The minimum atomic E-state index is -0.309. The molecule has 0 radical (unpaired) electrons. The van der Waals surface area contributed by atoms with Crippen molar-refractivity contribution in [2.45, 2.75) is 26.8 Å². The van der Waals surface area contributed by atoms with Crippen LogP contribution in [0.15, 0.2) is 91.1 Å². The number of nitrogens with one attached hydrogen (secondary N) is 1. The quantitative estimate of drug-likeness (QED) is 0.412. The van der Waals surface area contributed by atoms with Crippen LogP contribution in [0.4, 0.5) is 5.95 Å². The maximum absolute atomic E-state index is 13.1. The summed E-state index contributed by atoms with van der Waals surface area (Å²) in [5.41, 5.74) is 4.28. The summed E-state index contributed by atoms with van der Waals surface area (Å²) in [5, 5.41) is 2.92. The number of imidazole rings is 1. The van der Waals surface area contributed by atoms with Gasteiger partial charge in [0.05, 0.1) is 5.69 Å². The summed E-state index contributed by atoms with van der Waals surface area (Å²) in [7, 11) is 0. The molecule has 1 N–H and O–H groups in total. The average molecular weight is 453 g/mol. The molecule has 6 nitrogen and oxygen atoms in total. The molecule has 0 atom stereocenters. The number of carbonyl (C=O) groups excluding carboxylic acids is 2. The summed E-state index contributed by atoms with van der Waals surface area (Å²) in [6.45, 7) is 5.75. The van der Waals surface area contributed by atoms with Crippen molar-refractivity contribution in [1.82, 2.24) is 14.5 Å². The first kappa shape index (κ1) is 23.0. The third-order valence-corrected chi connectivity index (χ3v) is 5.56. The van der Waals surface area contributed by atoms with Crippen LogP contribution in [0.1, 0.15) is 29.8 Å². The Morgan fingerprint density at radius 1 is 0.912 bits per heavy atom. The minimum absolute atomic E-state index is 0.0766. The van der Waals surface area contributed by atoms with Crippen LogP contribution >= 0.6 is 0 Å². The Morgan fingerprint density at radius 3 is 2.15 bits per heavy atom. The smallest absolute Gasteiger partial charge is 0.254 e. The molecular formula is C28H28N4O2. The molecule has 34 heavy (non-hydrogen) atoms. The molecule has 1 heterocycles. The molecule has 6 heteroatoms. The van der Waals surface area contributed by atoms with Gasteiger partial charge < -0.3 is 4.90 Å². The van der Waals surface area contributed by atoms with Crippen LogP contribution < -0.4 is 5.32 Å². The summed E-state index contributed by atoms with van der Waals surface area (Å²) in [4.78, 5) is 32.4. The second-order valence-electron chi connectivity index (χ2n) is 8.46. The molecular weight excluding hydrogens is 424 g/mol. The van der Waals surface area contributed by atoms with Crippen LogP contribution in [0.25, 0.3) is 16.9 Å². The van der Waals surface area contributed by atoms with Crippen molar-refractivity contribution in [3.05, 3.63) is 102 Å². The summed E-state index contributed by atoms with van der Waals surface area (Å²) >= 11 is 0. The lowest BCUT2D eigenvalue weighted by Crippen LogP contribution is -2.42. The second kappa shape index (κ2) is 10.2. The predicted molar refractivity (Wildman–Crippen MR) is 135 cm³/mol. The first-order valence-electron chi connectivity index (χ1n) is 11.3. The Morgan fingerprint density at radius 2 is 1.53 bits per heavy atom. The molecule has 0 aliphatic carbocycles. The molecule has 0 saturated heterocycles. The highest BCUT2D eigenvalue weighted by atomic mass is 16.2. The van der Waals surface area contributed by atoms with E-state index in [1.54, 1.807) is 17.0 Å². The molecule has 4 rings (SSSR count). The van der Waals surface area contributed by atoms with Gasteiger partial charge in [-0.3, -0.25) is 19.5 Å². The fourth-order valence-corrected chi connectivity index (χ4v) is 3.67. The predicted octanol–water partition coefficient (Wildman–Crippen LogP) is 5.34. The lowest BCUT2D eigenvalue weighted by atomic mass is 10.1.